The largest absolute Gasteiger partial charge is 0.391 e. The highest BCUT2D eigenvalue weighted by Gasteiger charge is 2.27. The first-order chi connectivity index (χ1) is 8.33. The molecular weight excluding hydrogens is 212 g/mol. The molecule has 0 aliphatic carbocycles. The summed E-state index contributed by atoms with van der Waals surface area (Å²) in [6.07, 6.45) is 0.952. The van der Waals surface area contributed by atoms with Gasteiger partial charge in [-0.1, -0.05) is 24.3 Å². The maximum atomic E-state index is 10.1. The van der Waals surface area contributed by atoms with E-state index in [1.54, 1.807) is 0 Å². The summed E-state index contributed by atoms with van der Waals surface area (Å²) in [5.41, 5.74) is 2.90. The number of hydrogen-bond donors (Lipinski definition) is 2. The van der Waals surface area contributed by atoms with Gasteiger partial charge in [0.15, 0.2) is 0 Å². The number of nitrogens with zero attached hydrogens (tertiary/aromatic N) is 1. The molecule has 0 amide bonds. The summed E-state index contributed by atoms with van der Waals surface area (Å²) in [5, 5.41) is 13.3. The Labute approximate surface area is 102 Å². The van der Waals surface area contributed by atoms with Crippen molar-refractivity contribution in [2.24, 2.45) is 5.92 Å². The minimum absolute atomic E-state index is 0.165. The smallest absolute Gasteiger partial charge is 0.0719 e. The van der Waals surface area contributed by atoms with E-state index < -0.39 is 0 Å². The molecule has 1 aromatic carbocycles. The number of aliphatic hydroxyl groups is 1. The Hall–Kier alpha value is -0.900. The first-order valence-corrected chi connectivity index (χ1v) is 6.51. The van der Waals surface area contributed by atoms with E-state index in [2.05, 4.69) is 34.5 Å². The van der Waals surface area contributed by atoms with Crippen LogP contribution in [0.15, 0.2) is 24.3 Å². The minimum Gasteiger partial charge on any atom is -0.391 e. The number of aliphatic hydroxyl groups excluding tert-OH is 1. The van der Waals surface area contributed by atoms with Gasteiger partial charge in [0.1, 0.15) is 0 Å². The Morgan fingerprint density at radius 3 is 2.76 bits per heavy atom. The van der Waals surface area contributed by atoms with Crippen molar-refractivity contribution in [2.45, 2.75) is 19.1 Å². The zero-order valence-corrected chi connectivity index (χ0v) is 10.1. The molecule has 2 heterocycles. The molecule has 2 aliphatic rings. The fraction of sp³-hybridized carbons (Fsp3) is 0.571. The number of β-amino-alcohol motifs (C(OH)–C–C–N with tert-alkyl or cyclic N) is 1. The van der Waals surface area contributed by atoms with Crippen molar-refractivity contribution < 1.29 is 5.11 Å². The number of nitrogens with one attached hydrogen (secondary N) is 1. The van der Waals surface area contributed by atoms with Crippen LogP contribution in [-0.2, 0) is 13.0 Å². The van der Waals surface area contributed by atoms with E-state index in [1.165, 1.54) is 11.1 Å². The second-order valence-corrected chi connectivity index (χ2v) is 5.24. The third kappa shape index (κ3) is 2.37. The van der Waals surface area contributed by atoms with Gasteiger partial charge in [0.05, 0.1) is 6.10 Å². The van der Waals surface area contributed by atoms with Crippen LogP contribution in [0.3, 0.4) is 0 Å². The second kappa shape index (κ2) is 4.77. The van der Waals surface area contributed by atoms with Gasteiger partial charge in [-0.25, -0.2) is 0 Å². The van der Waals surface area contributed by atoms with Gasteiger partial charge < -0.3 is 10.4 Å². The van der Waals surface area contributed by atoms with E-state index in [-0.39, 0.29) is 6.10 Å². The van der Waals surface area contributed by atoms with Crippen molar-refractivity contribution in [3.8, 4) is 0 Å². The molecule has 2 N–H and O–H groups in total. The molecule has 1 saturated heterocycles. The molecule has 0 aromatic heterocycles. The third-order valence-electron chi connectivity index (χ3n) is 4.01. The van der Waals surface area contributed by atoms with Gasteiger partial charge in [-0.2, -0.15) is 0 Å². The molecule has 0 saturated carbocycles. The van der Waals surface area contributed by atoms with Crippen molar-refractivity contribution in [1.82, 2.24) is 10.2 Å². The maximum absolute atomic E-state index is 10.1. The molecule has 1 unspecified atom stereocenters. The summed E-state index contributed by atoms with van der Waals surface area (Å²) in [6, 6.07) is 8.65. The Morgan fingerprint density at radius 2 is 2.06 bits per heavy atom. The van der Waals surface area contributed by atoms with Gasteiger partial charge in [-0.15, -0.1) is 0 Å². The first-order valence-electron chi connectivity index (χ1n) is 6.51. The van der Waals surface area contributed by atoms with Crippen LogP contribution in [0, 0.1) is 5.92 Å². The lowest BCUT2D eigenvalue weighted by Gasteiger charge is -2.36. The summed E-state index contributed by atoms with van der Waals surface area (Å²) in [6.45, 7) is 4.85. The average Bonchev–Trinajstić information content (AvgIpc) is 2.26. The normalized spacial score (nSPS) is 22.9. The fourth-order valence-electron chi connectivity index (χ4n) is 2.71. The molecular formula is C14H20N2O. The van der Waals surface area contributed by atoms with E-state index >= 15 is 0 Å². The van der Waals surface area contributed by atoms with Gasteiger partial charge in [-0.05, 0) is 17.5 Å². The lowest BCUT2D eigenvalue weighted by Crippen LogP contribution is -2.52. The Bertz CT molecular complexity index is 390. The molecule has 1 atom stereocenters. The highest BCUT2D eigenvalue weighted by molar-refractivity contribution is 5.29. The highest BCUT2D eigenvalue weighted by Crippen LogP contribution is 2.20. The van der Waals surface area contributed by atoms with Crippen LogP contribution in [0.1, 0.15) is 11.1 Å². The molecule has 0 radical (unpaired) electrons. The van der Waals surface area contributed by atoms with E-state index in [4.69, 9.17) is 0 Å². The molecule has 3 heteroatoms. The van der Waals surface area contributed by atoms with Crippen LogP contribution in [0.25, 0.3) is 0 Å². The average molecular weight is 232 g/mol. The zero-order chi connectivity index (χ0) is 11.7. The van der Waals surface area contributed by atoms with Crippen LogP contribution >= 0.6 is 0 Å². The maximum Gasteiger partial charge on any atom is 0.0719 e. The van der Waals surface area contributed by atoms with Crippen molar-refractivity contribution in [1.29, 1.82) is 0 Å². The molecule has 2 aliphatic heterocycles. The van der Waals surface area contributed by atoms with Gasteiger partial charge in [-0.3, -0.25) is 4.90 Å². The third-order valence-corrected chi connectivity index (χ3v) is 4.01. The molecule has 1 aromatic rings. The molecule has 0 spiro atoms. The number of benzene rings is 1. The van der Waals surface area contributed by atoms with Gasteiger partial charge >= 0.3 is 0 Å². The van der Waals surface area contributed by atoms with Crippen LogP contribution in [0.5, 0.6) is 0 Å². The van der Waals surface area contributed by atoms with Crippen molar-refractivity contribution in [3.05, 3.63) is 35.4 Å². The van der Waals surface area contributed by atoms with E-state index in [0.717, 1.165) is 39.1 Å². The molecule has 17 heavy (non-hydrogen) atoms. The second-order valence-electron chi connectivity index (χ2n) is 5.24. The van der Waals surface area contributed by atoms with Crippen molar-refractivity contribution in [2.75, 3.05) is 26.2 Å². The van der Waals surface area contributed by atoms with Crippen molar-refractivity contribution >= 4 is 0 Å². The van der Waals surface area contributed by atoms with Gasteiger partial charge in [0.2, 0.25) is 0 Å². The molecule has 0 bridgehead atoms. The lowest BCUT2D eigenvalue weighted by molar-refractivity contribution is 0.0377. The van der Waals surface area contributed by atoms with Crippen LogP contribution in [0.2, 0.25) is 0 Å². The summed E-state index contributed by atoms with van der Waals surface area (Å²) in [4.78, 5) is 2.38. The predicted octanol–water partition coefficient (Wildman–Crippen LogP) is 0.625. The summed E-state index contributed by atoms with van der Waals surface area (Å²) < 4.78 is 0. The SMILES string of the molecule is OC(CN1CCc2ccccc2C1)C1CNC1. The number of hydrogen-bond acceptors (Lipinski definition) is 3. The molecule has 92 valence electrons. The predicted molar refractivity (Wildman–Crippen MR) is 67.8 cm³/mol. The molecule has 1 fully saturated rings. The number of rotatable bonds is 3. The Kier molecular flexibility index (Phi) is 3.14. The van der Waals surface area contributed by atoms with Crippen LogP contribution in [-0.4, -0.2) is 42.3 Å². The van der Waals surface area contributed by atoms with Gasteiger partial charge in [0, 0.05) is 38.6 Å². The fourth-order valence-corrected chi connectivity index (χ4v) is 2.71. The van der Waals surface area contributed by atoms with E-state index in [9.17, 15) is 5.11 Å². The molecule has 3 rings (SSSR count). The van der Waals surface area contributed by atoms with Crippen LogP contribution in [0.4, 0.5) is 0 Å². The highest BCUT2D eigenvalue weighted by atomic mass is 16.3. The Balaban J connectivity index is 1.60. The quantitative estimate of drug-likeness (QED) is 0.802. The monoisotopic (exact) mass is 232 g/mol. The van der Waals surface area contributed by atoms with Gasteiger partial charge in [0.25, 0.3) is 0 Å². The topological polar surface area (TPSA) is 35.5 Å². The first kappa shape index (κ1) is 11.2. The Morgan fingerprint density at radius 1 is 1.29 bits per heavy atom. The van der Waals surface area contributed by atoms with Crippen LogP contribution < -0.4 is 5.32 Å². The lowest BCUT2D eigenvalue weighted by atomic mass is 9.94. The number of fused-ring (bicyclic) bond motifs is 1. The van der Waals surface area contributed by atoms with E-state index in [0.29, 0.717) is 5.92 Å². The molecule has 3 nitrogen and oxygen atoms in total. The summed E-state index contributed by atoms with van der Waals surface area (Å²) in [7, 11) is 0. The summed E-state index contributed by atoms with van der Waals surface area (Å²) >= 11 is 0. The zero-order valence-electron chi connectivity index (χ0n) is 10.1. The van der Waals surface area contributed by atoms with E-state index in [1.807, 2.05) is 0 Å². The summed E-state index contributed by atoms with van der Waals surface area (Å²) in [5.74, 6) is 0.465. The van der Waals surface area contributed by atoms with Crippen molar-refractivity contribution in [3.63, 3.8) is 0 Å². The minimum atomic E-state index is -0.165. The standard InChI is InChI=1S/C14H20N2O/c17-14(13-7-15-8-13)10-16-6-5-11-3-1-2-4-12(11)9-16/h1-4,13-15,17H,5-10H2.